The van der Waals surface area contributed by atoms with Gasteiger partial charge in [0.05, 0.1) is 17.8 Å². The Morgan fingerprint density at radius 3 is 2.67 bits per heavy atom. The van der Waals surface area contributed by atoms with E-state index in [1.165, 1.54) is 6.07 Å². The first-order valence-corrected chi connectivity index (χ1v) is 13.2. The Morgan fingerprint density at radius 1 is 1.21 bits per heavy atom. The van der Waals surface area contributed by atoms with Gasteiger partial charge >= 0.3 is 0 Å². The zero-order valence-corrected chi connectivity index (χ0v) is 22.5. The summed E-state index contributed by atoms with van der Waals surface area (Å²) >= 11 is 0. The lowest BCUT2D eigenvalue weighted by molar-refractivity contribution is -0.116. The second-order valence-corrected chi connectivity index (χ2v) is 9.77. The van der Waals surface area contributed by atoms with Gasteiger partial charge in [0.25, 0.3) is 5.91 Å². The molecule has 0 saturated heterocycles. The molecule has 9 heteroatoms. The van der Waals surface area contributed by atoms with Gasteiger partial charge in [0.2, 0.25) is 5.95 Å². The average molecular weight is 530 g/mol. The number of para-hydroxylation sites is 1. The van der Waals surface area contributed by atoms with E-state index in [2.05, 4.69) is 38.7 Å². The van der Waals surface area contributed by atoms with Crippen LogP contribution in [0.25, 0.3) is 5.57 Å². The predicted octanol–water partition coefficient (Wildman–Crippen LogP) is 4.37. The number of halogens is 1. The van der Waals surface area contributed by atoms with Crippen LogP contribution in [0.5, 0.6) is 0 Å². The molecule has 1 saturated carbocycles. The zero-order chi connectivity index (χ0) is 27.8. The molecule has 8 nitrogen and oxygen atoms in total. The number of nitrogens with zero attached hydrogens (tertiary/aromatic N) is 3. The molecule has 2 aliphatic carbocycles. The Kier molecular flexibility index (Phi) is 9.25. The summed E-state index contributed by atoms with van der Waals surface area (Å²) in [5.74, 6) is -0.184. The van der Waals surface area contributed by atoms with Gasteiger partial charge < -0.3 is 20.9 Å². The minimum atomic E-state index is -0.505. The van der Waals surface area contributed by atoms with Gasteiger partial charge in [-0.1, -0.05) is 42.5 Å². The number of amides is 1. The maximum atomic E-state index is 13.6. The van der Waals surface area contributed by atoms with Crippen LogP contribution in [0.1, 0.15) is 31.4 Å². The highest BCUT2D eigenvalue weighted by atomic mass is 19.1. The second kappa shape index (κ2) is 13.0. The van der Waals surface area contributed by atoms with Gasteiger partial charge in [-0.15, -0.1) is 0 Å². The van der Waals surface area contributed by atoms with E-state index in [0.29, 0.717) is 18.1 Å². The number of aliphatic imine (C=N–C) groups is 1. The SMILES string of the molecule is C=NC1CCCC1N(C)C(=N)/C(C(=O)NC)=C(\NCC1C=CC(c2cccc(F)n2)=CC1)Nc1ccccc1. The van der Waals surface area contributed by atoms with E-state index in [-0.39, 0.29) is 35.3 Å². The van der Waals surface area contributed by atoms with Gasteiger partial charge in [-0.3, -0.25) is 15.2 Å². The van der Waals surface area contributed by atoms with E-state index in [9.17, 15) is 9.18 Å². The van der Waals surface area contributed by atoms with Gasteiger partial charge in [-0.25, -0.2) is 4.98 Å². The fraction of sp³-hybridized carbons (Fsp3) is 0.333. The standard InChI is InChI=1S/C30H36FN7O/c1-33-24-12-7-13-25(24)38(3)28(32)27(30(39)34-2)29(36-22-9-5-4-6-10-22)35-19-20-15-17-21(18-16-20)23-11-8-14-26(31)37-23/h4-6,8-11,14-15,17-18,20,24-25,32,35-36H,1,7,12-13,16,19H2,2-3H3,(H,34,39)/b29-27-,32-28?. The number of carbonyl (C=O) groups excluding carboxylic acids is 1. The molecule has 1 amide bonds. The quantitative estimate of drug-likeness (QED) is 0.158. The van der Waals surface area contributed by atoms with Crippen LogP contribution in [0.2, 0.25) is 0 Å². The highest BCUT2D eigenvalue weighted by Gasteiger charge is 2.34. The van der Waals surface area contributed by atoms with Crippen molar-refractivity contribution in [2.45, 2.75) is 37.8 Å². The summed E-state index contributed by atoms with van der Waals surface area (Å²) in [4.78, 5) is 23.3. The van der Waals surface area contributed by atoms with Crippen molar-refractivity contribution in [2.75, 3.05) is 26.0 Å². The van der Waals surface area contributed by atoms with Gasteiger partial charge in [0.15, 0.2) is 0 Å². The van der Waals surface area contributed by atoms with Crippen molar-refractivity contribution < 1.29 is 9.18 Å². The first kappa shape index (κ1) is 27.8. The molecule has 0 radical (unpaired) electrons. The number of aromatic nitrogens is 1. The molecule has 3 atom stereocenters. The zero-order valence-electron chi connectivity index (χ0n) is 22.5. The number of benzene rings is 1. The Hall–Kier alpha value is -4.27. The number of allylic oxidation sites excluding steroid dienone is 3. The predicted molar refractivity (Wildman–Crippen MR) is 155 cm³/mol. The second-order valence-electron chi connectivity index (χ2n) is 9.77. The Labute approximate surface area is 229 Å². The number of rotatable bonds is 10. The van der Waals surface area contributed by atoms with Crippen LogP contribution in [-0.2, 0) is 4.79 Å². The molecule has 0 bridgehead atoms. The van der Waals surface area contributed by atoms with Crippen molar-refractivity contribution in [1.82, 2.24) is 20.5 Å². The molecule has 1 heterocycles. The summed E-state index contributed by atoms with van der Waals surface area (Å²) in [5.41, 5.74) is 2.49. The molecule has 4 N–H and O–H groups in total. The van der Waals surface area contributed by atoms with Crippen LogP contribution in [0, 0.1) is 17.3 Å². The molecule has 3 unspecified atom stereocenters. The first-order chi connectivity index (χ1) is 18.9. The number of hydrogen-bond acceptors (Lipinski definition) is 6. The maximum Gasteiger partial charge on any atom is 0.258 e. The summed E-state index contributed by atoms with van der Waals surface area (Å²) in [6.45, 7) is 4.25. The van der Waals surface area contributed by atoms with Gasteiger partial charge in [0.1, 0.15) is 17.2 Å². The highest BCUT2D eigenvalue weighted by molar-refractivity contribution is 6.20. The topological polar surface area (TPSA) is 106 Å². The van der Waals surface area contributed by atoms with Crippen molar-refractivity contribution in [3.63, 3.8) is 0 Å². The van der Waals surface area contributed by atoms with Crippen LogP contribution in [0.3, 0.4) is 0 Å². The average Bonchev–Trinajstić information content (AvgIpc) is 3.45. The summed E-state index contributed by atoms with van der Waals surface area (Å²) < 4.78 is 13.6. The van der Waals surface area contributed by atoms with Gasteiger partial charge in [-0.2, -0.15) is 4.39 Å². The van der Waals surface area contributed by atoms with E-state index in [1.54, 1.807) is 19.2 Å². The highest BCUT2D eigenvalue weighted by Crippen LogP contribution is 2.28. The van der Waals surface area contributed by atoms with Crippen LogP contribution >= 0.6 is 0 Å². The molecule has 0 aliphatic heterocycles. The third kappa shape index (κ3) is 6.79. The van der Waals surface area contributed by atoms with E-state index < -0.39 is 5.95 Å². The number of anilines is 1. The third-order valence-electron chi connectivity index (χ3n) is 7.25. The van der Waals surface area contributed by atoms with Gasteiger partial charge in [-0.05, 0) is 68.2 Å². The van der Waals surface area contributed by atoms with E-state index in [0.717, 1.165) is 36.9 Å². The maximum absolute atomic E-state index is 13.6. The fourth-order valence-electron chi connectivity index (χ4n) is 5.06. The van der Waals surface area contributed by atoms with Crippen LogP contribution in [0.4, 0.5) is 10.1 Å². The molecule has 0 spiro atoms. The molecule has 204 valence electrons. The monoisotopic (exact) mass is 529 g/mol. The number of amidine groups is 1. The largest absolute Gasteiger partial charge is 0.370 e. The van der Waals surface area contributed by atoms with Crippen molar-refractivity contribution >= 4 is 29.7 Å². The summed E-state index contributed by atoms with van der Waals surface area (Å²) in [5, 5.41) is 18.5. The number of carbonyl (C=O) groups is 1. The lowest BCUT2D eigenvalue weighted by Crippen LogP contribution is -2.45. The lowest BCUT2D eigenvalue weighted by Gasteiger charge is -2.31. The smallest absolute Gasteiger partial charge is 0.258 e. The van der Waals surface area contributed by atoms with Crippen LogP contribution in [-0.4, -0.2) is 61.1 Å². The minimum Gasteiger partial charge on any atom is -0.370 e. The number of nitrogens with one attached hydrogen (secondary N) is 4. The molecular formula is C30H36FN7O. The first-order valence-electron chi connectivity index (χ1n) is 13.2. The molecule has 2 aromatic rings. The van der Waals surface area contributed by atoms with Crippen molar-refractivity contribution in [1.29, 1.82) is 5.41 Å². The summed E-state index contributed by atoms with van der Waals surface area (Å²) in [7, 11) is 3.41. The molecule has 1 aromatic heterocycles. The van der Waals surface area contributed by atoms with Gasteiger partial charge in [0, 0.05) is 26.3 Å². The third-order valence-corrected chi connectivity index (χ3v) is 7.25. The van der Waals surface area contributed by atoms with Crippen LogP contribution in [0.15, 0.2) is 83.1 Å². The Morgan fingerprint density at radius 2 is 2.00 bits per heavy atom. The number of likely N-dealkylation sites (N-methyl/N-ethyl adjacent to an activating group) is 2. The van der Waals surface area contributed by atoms with Crippen molar-refractivity contribution in [3.8, 4) is 0 Å². The van der Waals surface area contributed by atoms with Crippen LogP contribution < -0.4 is 16.0 Å². The molecule has 1 aromatic carbocycles. The minimum absolute atomic E-state index is 0.00824. The fourth-order valence-corrected chi connectivity index (χ4v) is 5.06. The molecule has 2 aliphatic rings. The number of pyridine rings is 1. The van der Waals surface area contributed by atoms with Crippen molar-refractivity contribution in [2.24, 2.45) is 10.9 Å². The molecule has 1 fully saturated rings. The molecule has 4 rings (SSSR count). The van der Waals surface area contributed by atoms with E-state index in [4.69, 9.17) is 5.41 Å². The van der Waals surface area contributed by atoms with E-state index >= 15 is 0 Å². The summed E-state index contributed by atoms with van der Waals surface area (Å²) in [6.07, 6.45) is 9.59. The van der Waals surface area contributed by atoms with Crippen molar-refractivity contribution in [3.05, 3.63) is 89.8 Å². The summed E-state index contributed by atoms with van der Waals surface area (Å²) in [6, 6.07) is 14.4. The Balaban J connectivity index is 1.58. The Bertz CT molecular complexity index is 1290. The van der Waals surface area contributed by atoms with E-state index in [1.807, 2.05) is 54.4 Å². The lowest BCUT2D eigenvalue weighted by atomic mass is 9.95. The molecule has 39 heavy (non-hydrogen) atoms. The molecular weight excluding hydrogens is 493 g/mol. The normalized spacial score (nSPS) is 20.9. The number of hydrogen-bond donors (Lipinski definition) is 4.